The molecular weight excluding hydrogens is 310 g/mol. The number of rotatable bonds is 6. The highest BCUT2D eigenvalue weighted by Gasteiger charge is 2.08. The highest BCUT2D eigenvalue weighted by atomic mass is 35.5. The van der Waals surface area contributed by atoms with Gasteiger partial charge in [-0.2, -0.15) is 5.10 Å². The molecule has 22 heavy (non-hydrogen) atoms. The van der Waals surface area contributed by atoms with Crippen molar-refractivity contribution in [2.45, 2.75) is 13.5 Å². The standard InChI is InChI=1S/C14H14ClN3O4/c1-9-5-16-18(6-9)7-13(19)17-10-2-3-12(11(15)4-10)22-8-14(20)21/h2-6H,7-8H2,1H3,(H,17,19)(H,20,21). The van der Waals surface area contributed by atoms with Crippen LogP contribution in [-0.4, -0.2) is 33.4 Å². The summed E-state index contributed by atoms with van der Waals surface area (Å²) < 4.78 is 6.52. The van der Waals surface area contributed by atoms with E-state index < -0.39 is 12.6 Å². The smallest absolute Gasteiger partial charge is 0.341 e. The molecule has 1 aromatic carbocycles. The predicted octanol–water partition coefficient (Wildman–Crippen LogP) is 1.95. The molecule has 0 saturated carbocycles. The maximum Gasteiger partial charge on any atom is 0.341 e. The summed E-state index contributed by atoms with van der Waals surface area (Å²) in [5.41, 5.74) is 1.46. The number of aliphatic carboxylic acids is 1. The van der Waals surface area contributed by atoms with Crippen LogP contribution in [0.1, 0.15) is 5.56 Å². The van der Waals surface area contributed by atoms with E-state index in [0.717, 1.165) is 5.56 Å². The molecule has 2 N–H and O–H groups in total. The molecule has 1 aromatic heterocycles. The van der Waals surface area contributed by atoms with E-state index in [1.165, 1.54) is 16.8 Å². The van der Waals surface area contributed by atoms with Crippen LogP contribution >= 0.6 is 11.6 Å². The van der Waals surface area contributed by atoms with Crippen LogP contribution < -0.4 is 10.1 Å². The van der Waals surface area contributed by atoms with E-state index >= 15 is 0 Å². The van der Waals surface area contributed by atoms with Gasteiger partial charge in [0.25, 0.3) is 0 Å². The minimum absolute atomic E-state index is 0.0860. The number of benzene rings is 1. The second-order valence-corrected chi connectivity index (χ2v) is 5.00. The minimum atomic E-state index is -1.09. The lowest BCUT2D eigenvalue weighted by Gasteiger charge is -2.09. The third-order valence-electron chi connectivity index (χ3n) is 2.63. The van der Waals surface area contributed by atoms with E-state index in [9.17, 15) is 9.59 Å². The molecule has 8 heteroatoms. The van der Waals surface area contributed by atoms with Crippen LogP contribution in [0.2, 0.25) is 5.02 Å². The molecule has 0 aliphatic carbocycles. The van der Waals surface area contributed by atoms with Gasteiger partial charge in [-0.25, -0.2) is 4.79 Å². The third kappa shape index (κ3) is 4.49. The number of nitrogens with zero attached hydrogens (tertiary/aromatic N) is 2. The number of carbonyl (C=O) groups excluding carboxylic acids is 1. The Labute approximate surface area is 131 Å². The fourth-order valence-electron chi connectivity index (χ4n) is 1.74. The lowest BCUT2D eigenvalue weighted by atomic mass is 10.3. The molecule has 0 unspecified atom stereocenters. The predicted molar refractivity (Wildman–Crippen MR) is 80.2 cm³/mol. The Bertz CT molecular complexity index is 699. The van der Waals surface area contributed by atoms with Crippen LogP contribution in [0.5, 0.6) is 5.75 Å². The molecule has 0 atom stereocenters. The van der Waals surface area contributed by atoms with Gasteiger partial charge in [0.1, 0.15) is 12.3 Å². The van der Waals surface area contributed by atoms with Gasteiger partial charge >= 0.3 is 5.97 Å². The number of nitrogens with one attached hydrogen (secondary N) is 1. The topological polar surface area (TPSA) is 93.5 Å². The number of ether oxygens (including phenoxy) is 1. The summed E-state index contributed by atoms with van der Waals surface area (Å²) >= 11 is 5.97. The molecule has 1 amide bonds. The van der Waals surface area contributed by atoms with Crippen LogP contribution in [0.3, 0.4) is 0 Å². The summed E-state index contributed by atoms with van der Waals surface area (Å²) in [4.78, 5) is 22.3. The monoisotopic (exact) mass is 323 g/mol. The zero-order valence-electron chi connectivity index (χ0n) is 11.7. The van der Waals surface area contributed by atoms with Gasteiger partial charge in [-0.1, -0.05) is 11.6 Å². The summed E-state index contributed by atoms with van der Waals surface area (Å²) in [6, 6.07) is 4.57. The van der Waals surface area contributed by atoms with Gasteiger partial charge in [-0.05, 0) is 30.7 Å². The number of anilines is 1. The Kier molecular flexibility index (Phi) is 5.00. The zero-order chi connectivity index (χ0) is 16.1. The number of hydrogen-bond donors (Lipinski definition) is 2. The van der Waals surface area contributed by atoms with Crippen LogP contribution in [0.25, 0.3) is 0 Å². The van der Waals surface area contributed by atoms with Crippen molar-refractivity contribution in [3.05, 3.63) is 41.2 Å². The largest absolute Gasteiger partial charge is 0.480 e. The lowest BCUT2D eigenvalue weighted by Crippen LogP contribution is -2.19. The summed E-state index contributed by atoms with van der Waals surface area (Å²) in [5, 5.41) is 15.5. The number of carboxylic acids is 1. The van der Waals surface area contributed by atoms with Gasteiger partial charge in [0.05, 0.1) is 11.2 Å². The van der Waals surface area contributed by atoms with E-state index in [0.29, 0.717) is 5.69 Å². The number of aromatic nitrogens is 2. The number of hydrogen-bond acceptors (Lipinski definition) is 4. The summed E-state index contributed by atoms with van der Waals surface area (Å²) in [7, 11) is 0. The van der Waals surface area contributed by atoms with Crippen molar-refractivity contribution in [3.63, 3.8) is 0 Å². The van der Waals surface area contributed by atoms with Crippen LogP contribution in [0, 0.1) is 6.92 Å². The molecule has 0 fully saturated rings. The fraction of sp³-hybridized carbons (Fsp3) is 0.214. The van der Waals surface area contributed by atoms with Crippen molar-refractivity contribution in [2.75, 3.05) is 11.9 Å². The Morgan fingerprint density at radius 2 is 2.23 bits per heavy atom. The molecule has 116 valence electrons. The summed E-state index contributed by atoms with van der Waals surface area (Å²) in [5.74, 6) is -1.11. The molecular formula is C14H14ClN3O4. The molecule has 0 bridgehead atoms. The minimum Gasteiger partial charge on any atom is -0.480 e. The molecule has 0 spiro atoms. The average Bonchev–Trinajstić information content (AvgIpc) is 2.82. The normalized spacial score (nSPS) is 10.3. The van der Waals surface area contributed by atoms with E-state index in [1.54, 1.807) is 18.5 Å². The number of carboxylic acid groups (broad SMARTS) is 1. The molecule has 1 heterocycles. The van der Waals surface area contributed by atoms with Crippen LogP contribution in [0.4, 0.5) is 5.69 Å². The lowest BCUT2D eigenvalue weighted by molar-refractivity contribution is -0.139. The molecule has 0 saturated heterocycles. The highest BCUT2D eigenvalue weighted by molar-refractivity contribution is 6.32. The fourth-order valence-corrected chi connectivity index (χ4v) is 1.97. The molecule has 0 aliphatic rings. The highest BCUT2D eigenvalue weighted by Crippen LogP contribution is 2.27. The van der Waals surface area contributed by atoms with Crippen molar-refractivity contribution >= 4 is 29.2 Å². The van der Waals surface area contributed by atoms with E-state index in [1.807, 2.05) is 6.92 Å². The quantitative estimate of drug-likeness (QED) is 0.847. The van der Waals surface area contributed by atoms with E-state index in [2.05, 4.69) is 10.4 Å². The molecule has 7 nitrogen and oxygen atoms in total. The van der Waals surface area contributed by atoms with Gasteiger partial charge in [0.2, 0.25) is 5.91 Å². The van der Waals surface area contributed by atoms with Gasteiger partial charge in [-0.3, -0.25) is 9.48 Å². The summed E-state index contributed by atoms with van der Waals surface area (Å²) in [6.45, 7) is 1.49. The van der Waals surface area contributed by atoms with Gasteiger partial charge < -0.3 is 15.2 Å². The number of aryl methyl sites for hydroxylation is 1. The number of carbonyl (C=O) groups is 2. The van der Waals surface area contributed by atoms with Crippen molar-refractivity contribution in [2.24, 2.45) is 0 Å². The Morgan fingerprint density at radius 1 is 1.45 bits per heavy atom. The average molecular weight is 324 g/mol. The van der Waals surface area contributed by atoms with Crippen molar-refractivity contribution < 1.29 is 19.4 Å². The second-order valence-electron chi connectivity index (χ2n) is 4.59. The van der Waals surface area contributed by atoms with Gasteiger partial charge in [-0.15, -0.1) is 0 Å². The first-order chi connectivity index (χ1) is 10.4. The molecule has 2 rings (SSSR count). The number of halogens is 1. The van der Waals surface area contributed by atoms with Crippen molar-refractivity contribution in [1.29, 1.82) is 0 Å². The molecule has 0 aliphatic heterocycles. The first-order valence-electron chi connectivity index (χ1n) is 6.37. The summed E-state index contributed by atoms with van der Waals surface area (Å²) in [6.07, 6.45) is 3.42. The van der Waals surface area contributed by atoms with E-state index in [-0.39, 0.29) is 23.2 Å². The third-order valence-corrected chi connectivity index (χ3v) is 2.93. The van der Waals surface area contributed by atoms with Gasteiger partial charge in [0.15, 0.2) is 6.61 Å². The first kappa shape index (κ1) is 15.8. The maximum absolute atomic E-state index is 11.9. The molecule has 2 aromatic rings. The Balaban J connectivity index is 1.96. The van der Waals surface area contributed by atoms with Crippen molar-refractivity contribution in [3.8, 4) is 5.75 Å². The van der Waals surface area contributed by atoms with Crippen LogP contribution in [0.15, 0.2) is 30.6 Å². The Morgan fingerprint density at radius 3 is 2.82 bits per heavy atom. The zero-order valence-corrected chi connectivity index (χ0v) is 12.5. The van der Waals surface area contributed by atoms with Crippen molar-refractivity contribution in [1.82, 2.24) is 9.78 Å². The first-order valence-corrected chi connectivity index (χ1v) is 6.75. The number of amides is 1. The van der Waals surface area contributed by atoms with Crippen LogP contribution in [-0.2, 0) is 16.1 Å². The SMILES string of the molecule is Cc1cnn(CC(=O)Nc2ccc(OCC(=O)O)c(Cl)c2)c1. The maximum atomic E-state index is 11.9. The Hall–Kier alpha value is -2.54. The molecule has 0 radical (unpaired) electrons. The van der Waals surface area contributed by atoms with E-state index in [4.69, 9.17) is 21.4 Å². The van der Waals surface area contributed by atoms with Gasteiger partial charge in [0, 0.05) is 11.9 Å². The second kappa shape index (κ2) is 6.95.